The molecule has 1 aliphatic heterocycles. The highest BCUT2D eigenvalue weighted by Crippen LogP contribution is 2.45. The van der Waals surface area contributed by atoms with Gasteiger partial charge in [0.05, 0.1) is 33.6 Å². The molecule has 0 saturated heterocycles. The topological polar surface area (TPSA) is 110 Å². The molecule has 144 valence electrons. The summed E-state index contributed by atoms with van der Waals surface area (Å²) >= 11 is 1.51. The van der Waals surface area contributed by atoms with Crippen molar-refractivity contribution in [1.82, 2.24) is 14.9 Å². The van der Waals surface area contributed by atoms with Crippen molar-refractivity contribution in [2.75, 3.05) is 11.1 Å². The molecule has 0 saturated carbocycles. The van der Waals surface area contributed by atoms with Crippen molar-refractivity contribution in [3.05, 3.63) is 58.1 Å². The summed E-state index contributed by atoms with van der Waals surface area (Å²) in [5.41, 5.74) is 4.26. The maximum atomic E-state index is 12.4. The molecular weight excluding hydrogens is 380 g/mol. The predicted molar refractivity (Wildman–Crippen MR) is 104 cm³/mol. The number of anilines is 1. The molecule has 0 aliphatic carbocycles. The number of aryl methyl sites for hydroxylation is 3. The van der Waals surface area contributed by atoms with Gasteiger partial charge in [-0.1, -0.05) is 5.16 Å². The van der Waals surface area contributed by atoms with Crippen LogP contribution in [0.2, 0.25) is 0 Å². The number of benzene rings is 1. The van der Waals surface area contributed by atoms with Gasteiger partial charge in [-0.15, -0.1) is 11.8 Å². The molecule has 2 aromatic heterocycles. The van der Waals surface area contributed by atoms with E-state index in [0.29, 0.717) is 23.0 Å². The van der Waals surface area contributed by atoms with E-state index in [4.69, 9.17) is 9.63 Å². The number of rotatable bonds is 3. The van der Waals surface area contributed by atoms with Gasteiger partial charge >= 0.3 is 5.97 Å². The van der Waals surface area contributed by atoms with Gasteiger partial charge in [-0.25, -0.2) is 9.48 Å². The number of carbonyl (C=O) groups excluding carboxylic acids is 1. The van der Waals surface area contributed by atoms with Crippen molar-refractivity contribution >= 4 is 29.5 Å². The van der Waals surface area contributed by atoms with Gasteiger partial charge in [0.2, 0.25) is 5.91 Å². The molecule has 8 nitrogen and oxygen atoms in total. The van der Waals surface area contributed by atoms with Crippen molar-refractivity contribution < 1.29 is 19.2 Å². The van der Waals surface area contributed by atoms with Crippen LogP contribution in [0, 0.1) is 20.8 Å². The summed E-state index contributed by atoms with van der Waals surface area (Å²) in [5.74, 6) is 0.476. The van der Waals surface area contributed by atoms with Crippen molar-refractivity contribution in [3.8, 4) is 5.69 Å². The molecule has 4 rings (SSSR count). The molecule has 28 heavy (non-hydrogen) atoms. The largest absolute Gasteiger partial charge is 0.478 e. The third-order valence-corrected chi connectivity index (χ3v) is 5.95. The van der Waals surface area contributed by atoms with Gasteiger partial charge < -0.3 is 14.9 Å². The van der Waals surface area contributed by atoms with E-state index < -0.39 is 5.97 Å². The van der Waals surface area contributed by atoms with E-state index in [0.717, 1.165) is 22.5 Å². The summed E-state index contributed by atoms with van der Waals surface area (Å²) in [7, 11) is 0. The van der Waals surface area contributed by atoms with Crippen LogP contribution < -0.4 is 5.32 Å². The third kappa shape index (κ3) is 2.97. The minimum Gasteiger partial charge on any atom is -0.478 e. The molecule has 9 heteroatoms. The zero-order valence-corrected chi connectivity index (χ0v) is 16.3. The Hall–Kier alpha value is -3.07. The molecular formula is C19H18N4O4S. The van der Waals surface area contributed by atoms with Gasteiger partial charge in [-0.05, 0) is 45.0 Å². The zero-order chi connectivity index (χ0) is 20.0. The highest BCUT2D eigenvalue weighted by atomic mass is 32.2. The van der Waals surface area contributed by atoms with Crippen LogP contribution in [-0.2, 0) is 4.79 Å². The highest BCUT2D eigenvalue weighted by Gasteiger charge is 2.33. The Morgan fingerprint density at radius 2 is 1.93 bits per heavy atom. The molecule has 0 spiro atoms. The van der Waals surface area contributed by atoms with Crippen LogP contribution in [0.15, 0.2) is 28.8 Å². The molecule has 0 radical (unpaired) electrons. The maximum absolute atomic E-state index is 12.4. The van der Waals surface area contributed by atoms with Crippen molar-refractivity contribution in [3.63, 3.8) is 0 Å². The van der Waals surface area contributed by atoms with Crippen LogP contribution in [0.3, 0.4) is 0 Å². The third-order valence-electron chi connectivity index (χ3n) is 4.72. The van der Waals surface area contributed by atoms with Gasteiger partial charge in [0.25, 0.3) is 0 Å². The number of nitrogens with one attached hydrogen (secondary N) is 1. The lowest BCUT2D eigenvalue weighted by Crippen LogP contribution is -2.15. The second-order valence-electron chi connectivity index (χ2n) is 6.59. The summed E-state index contributed by atoms with van der Waals surface area (Å²) in [5, 5.41) is 20.6. The number of nitrogens with zero attached hydrogens (tertiary/aromatic N) is 3. The van der Waals surface area contributed by atoms with Crippen molar-refractivity contribution in [2.45, 2.75) is 26.0 Å². The second-order valence-corrected chi connectivity index (χ2v) is 7.68. The van der Waals surface area contributed by atoms with E-state index >= 15 is 0 Å². The van der Waals surface area contributed by atoms with E-state index in [1.54, 1.807) is 16.8 Å². The summed E-state index contributed by atoms with van der Waals surface area (Å²) in [6.45, 7) is 5.64. The number of thioether (sulfide) groups is 1. The number of carbonyl (C=O) groups is 2. The Morgan fingerprint density at radius 3 is 2.54 bits per heavy atom. The summed E-state index contributed by atoms with van der Waals surface area (Å²) in [6, 6.07) is 6.37. The van der Waals surface area contributed by atoms with Crippen LogP contribution in [0.25, 0.3) is 5.69 Å². The van der Waals surface area contributed by atoms with E-state index in [-0.39, 0.29) is 16.7 Å². The van der Waals surface area contributed by atoms with Gasteiger partial charge in [0.1, 0.15) is 11.6 Å². The van der Waals surface area contributed by atoms with E-state index in [9.17, 15) is 9.59 Å². The van der Waals surface area contributed by atoms with Crippen LogP contribution in [0.4, 0.5) is 5.82 Å². The number of carboxylic acid groups (broad SMARTS) is 1. The molecule has 1 atom stereocenters. The van der Waals surface area contributed by atoms with Crippen molar-refractivity contribution in [1.29, 1.82) is 0 Å². The first-order chi connectivity index (χ1) is 13.4. The predicted octanol–water partition coefficient (Wildman–Crippen LogP) is 3.26. The first kappa shape index (κ1) is 18.3. The Balaban J connectivity index is 1.88. The molecule has 1 aromatic carbocycles. The summed E-state index contributed by atoms with van der Waals surface area (Å²) in [6.07, 6.45) is 0. The van der Waals surface area contributed by atoms with Gasteiger partial charge in [0.15, 0.2) is 0 Å². The normalized spacial score (nSPS) is 16.4. The number of hydrogen-bond donors (Lipinski definition) is 2. The lowest BCUT2D eigenvalue weighted by atomic mass is 10.0. The number of hydrogen-bond acceptors (Lipinski definition) is 6. The molecule has 1 aliphatic rings. The SMILES string of the molecule is Cc1noc(C)c1[C@H]1SCC(=O)Nc2c1c(C)nn2-c1ccc(C(=O)O)cc1. The van der Waals surface area contributed by atoms with Crippen LogP contribution in [0.1, 0.15) is 43.9 Å². The molecule has 2 N–H and O–H groups in total. The lowest BCUT2D eigenvalue weighted by molar-refractivity contribution is -0.113. The lowest BCUT2D eigenvalue weighted by Gasteiger charge is -2.14. The fraction of sp³-hybridized carbons (Fsp3) is 0.263. The number of amides is 1. The second kappa shape index (κ2) is 6.83. The average Bonchev–Trinajstić information content (AvgIpc) is 3.09. The standard InChI is InChI=1S/C19H18N4O4S/c1-9-16-17(15-10(2)22-27-11(15)3)28-8-14(24)20-18(16)23(21-9)13-6-4-12(5-7-13)19(25)26/h4-7,17H,8H2,1-3H3,(H,20,24)(H,25,26)/t17-/m1/s1. The first-order valence-electron chi connectivity index (χ1n) is 8.64. The molecule has 0 fully saturated rings. The number of fused-ring (bicyclic) bond motifs is 1. The number of aromatic nitrogens is 3. The highest BCUT2D eigenvalue weighted by molar-refractivity contribution is 8.00. The van der Waals surface area contributed by atoms with Crippen molar-refractivity contribution in [2.24, 2.45) is 0 Å². The minimum atomic E-state index is -0.995. The van der Waals surface area contributed by atoms with E-state index in [1.165, 1.54) is 23.9 Å². The Morgan fingerprint density at radius 1 is 1.21 bits per heavy atom. The van der Waals surface area contributed by atoms with Gasteiger partial charge in [-0.2, -0.15) is 5.10 Å². The van der Waals surface area contributed by atoms with Gasteiger partial charge in [-0.3, -0.25) is 4.79 Å². The number of aromatic carboxylic acids is 1. The molecule has 3 heterocycles. The van der Waals surface area contributed by atoms with Crippen LogP contribution in [-0.4, -0.2) is 37.7 Å². The monoisotopic (exact) mass is 398 g/mol. The van der Waals surface area contributed by atoms with Gasteiger partial charge in [0, 0.05) is 11.1 Å². The van der Waals surface area contributed by atoms with Crippen LogP contribution >= 0.6 is 11.8 Å². The average molecular weight is 398 g/mol. The summed E-state index contributed by atoms with van der Waals surface area (Å²) < 4.78 is 6.99. The molecule has 3 aromatic rings. The maximum Gasteiger partial charge on any atom is 0.335 e. The fourth-order valence-corrected chi connectivity index (χ4v) is 4.75. The fourth-order valence-electron chi connectivity index (χ4n) is 3.41. The zero-order valence-electron chi connectivity index (χ0n) is 15.5. The van der Waals surface area contributed by atoms with E-state index in [2.05, 4.69) is 15.6 Å². The Kier molecular flexibility index (Phi) is 4.46. The molecule has 0 bridgehead atoms. The number of carboxylic acids is 1. The minimum absolute atomic E-state index is 0.121. The molecule has 0 unspecified atom stereocenters. The quantitative estimate of drug-likeness (QED) is 0.697. The Labute approximate surface area is 164 Å². The van der Waals surface area contributed by atoms with E-state index in [1.807, 2.05) is 20.8 Å². The molecule has 1 amide bonds. The van der Waals surface area contributed by atoms with Crippen LogP contribution in [0.5, 0.6) is 0 Å². The first-order valence-corrected chi connectivity index (χ1v) is 9.69. The Bertz CT molecular complexity index is 1060. The smallest absolute Gasteiger partial charge is 0.335 e. The summed E-state index contributed by atoms with van der Waals surface area (Å²) in [4.78, 5) is 23.5.